The maximum absolute atomic E-state index is 11.9. The first-order valence-corrected chi connectivity index (χ1v) is 6.78. The molecule has 1 atom stereocenters. The summed E-state index contributed by atoms with van der Waals surface area (Å²) in [6, 6.07) is 10.3. The number of rotatable bonds is 5. The first-order valence-electron chi connectivity index (χ1n) is 6.40. The lowest BCUT2D eigenvalue weighted by molar-refractivity contribution is -0.121. The van der Waals surface area contributed by atoms with Gasteiger partial charge in [0.2, 0.25) is 0 Å². The highest BCUT2D eigenvalue weighted by molar-refractivity contribution is 6.30. The van der Waals surface area contributed by atoms with Crippen LogP contribution in [0.1, 0.15) is 12.5 Å². The number of benzene rings is 1. The highest BCUT2D eigenvalue weighted by atomic mass is 35.5. The number of nitrogens with one attached hydrogen (secondary N) is 2. The van der Waals surface area contributed by atoms with E-state index in [4.69, 9.17) is 11.6 Å². The fraction of sp³-hybridized carbons (Fsp3) is 0.133. The molecule has 21 heavy (non-hydrogen) atoms. The van der Waals surface area contributed by atoms with Gasteiger partial charge in [0.15, 0.2) is 0 Å². The van der Waals surface area contributed by atoms with Gasteiger partial charge in [0, 0.05) is 23.1 Å². The summed E-state index contributed by atoms with van der Waals surface area (Å²) in [4.78, 5) is 15.8. The van der Waals surface area contributed by atoms with Crippen molar-refractivity contribution in [2.24, 2.45) is 5.10 Å². The van der Waals surface area contributed by atoms with Crippen LogP contribution in [0.5, 0.6) is 0 Å². The van der Waals surface area contributed by atoms with Gasteiger partial charge in [-0.2, -0.15) is 5.10 Å². The van der Waals surface area contributed by atoms with Gasteiger partial charge in [0.1, 0.15) is 6.04 Å². The minimum Gasteiger partial charge on any atom is -0.374 e. The molecule has 0 aliphatic carbocycles. The summed E-state index contributed by atoms with van der Waals surface area (Å²) in [6.45, 7) is 1.76. The Labute approximate surface area is 128 Å². The molecule has 1 unspecified atom stereocenters. The van der Waals surface area contributed by atoms with Crippen molar-refractivity contribution in [2.75, 3.05) is 5.32 Å². The van der Waals surface area contributed by atoms with Gasteiger partial charge in [0.25, 0.3) is 5.91 Å². The van der Waals surface area contributed by atoms with Gasteiger partial charge >= 0.3 is 0 Å². The molecular formula is C15H15ClN4O. The van der Waals surface area contributed by atoms with Crippen LogP contribution < -0.4 is 10.7 Å². The van der Waals surface area contributed by atoms with Gasteiger partial charge in [-0.3, -0.25) is 9.78 Å². The Morgan fingerprint density at radius 1 is 1.24 bits per heavy atom. The highest BCUT2D eigenvalue weighted by Crippen LogP contribution is 2.14. The molecule has 2 rings (SSSR count). The number of halogens is 1. The minimum atomic E-state index is -0.416. The van der Waals surface area contributed by atoms with Gasteiger partial charge in [-0.25, -0.2) is 5.43 Å². The van der Waals surface area contributed by atoms with Crippen molar-refractivity contribution >= 4 is 29.4 Å². The number of pyridine rings is 1. The summed E-state index contributed by atoms with van der Waals surface area (Å²) in [5.74, 6) is -0.227. The zero-order valence-corrected chi connectivity index (χ0v) is 12.2. The molecular weight excluding hydrogens is 288 g/mol. The number of hydrogen-bond acceptors (Lipinski definition) is 4. The molecule has 1 amide bonds. The lowest BCUT2D eigenvalue weighted by atomic mass is 10.2. The van der Waals surface area contributed by atoms with Crippen molar-refractivity contribution in [3.8, 4) is 0 Å². The normalized spacial score (nSPS) is 12.1. The minimum absolute atomic E-state index is 0.227. The molecule has 108 valence electrons. The van der Waals surface area contributed by atoms with Crippen LogP contribution in [0.15, 0.2) is 53.9 Å². The number of hydrazone groups is 1. The predicted molar refractivity (Wildman–Crippen MR) is 84.5 cm³/mol. The third-order valence-corrected chi connectivity index (χ3v) is 2.97. The van der Waals surface area contributed by atoms with Crippen LogP contribution in [0, 0.1) is 0 Å². The van der Waals surface area contributed by atoms with Gasteiger partial charge in [-0.05, 0) is 48.9 Å². The largest absolute Gasteiger partial charge is 0.374 e. The van der Waals surface area contributed by atoms with E-state index in [-0.39, 0.29) is 5.91 Å². The zero-order valence-electron chi connectivity index (χ0n) is 11.5. The second-order valence-corrected chi connectivity index (χ2v) is 4.82. The zero-order chi connectivity index (χ0) is 15.1. The van der Waals surface area contributed by atoms with Crippen molar-refractivity contribution in [2.45, 2.75) is 13.0 Å². The predicted octanol–water partition coefficient (Wildman–Crippen LogP) is 2.69. The maximum atomic E-state index is 11.9. The molecule has 2 aromatic rings. The van der Waals surface area contributed by atoms with Crippen LogP contribution in [-0.2, 0) is 4.79 Å². The summed E-state index contributed by atoms with van der Waals surface area (Å²) < 4.78 is 0. The van der Waals surface area contributed by atoms with Crippen molar-refractivity contribution in [3.05, 3.63) is 59.4 Å². The van der Waals surface area contributed by atoms with Crippen LogP contribution in [0.4, 0.5) is 5.69 Å². The second-order valence-electron chi connectivity index (χ2n) is 4.39. The van der Waals surface area contributed by atoms with Crippen LogP contribution >= 0.6 is 11.6 Å². The molecule has 0 aliphatic rings. The summed E-state index contributed by atoms with van der Waals surface area (Å²) in [5, 5.41) is 7.62. The van der Waals surface area contributed by atoms with E-state index in [2.05, 4.69) is 20.8 Å². The molecule has 2 N–H and O–H groups in total. The smallest absolute Gasteiger partial charge is 0.262 e. The van der Waals surface area contributed by atoms with E-state index in [0.717, 1.165) is 11.3 Å². The highest BCUT2D eigenvalue weighted by Gasteiger charge is 2.11. The Morgan fingerprint density at radius 3 is 2.57 bits per heavy atom. The third-order valence-electron chi connectivity index (χ3n) is 2.72. The molecule has 0 spiro atoms. The fourth-order valence-corrected chi connectivity index (χ4v) is 1.70. The Balaban J connectivity index is 1.85. The van der Waals surface area contributed by atoms with Crippen molar-refractivity contribution in [1.29, 1.82) is 0 Å². The van der Waals surface area contributed by atoms with Gasteiger partial charge in [-0.1, -0.05) is 11.6 Å². The molecule has 0 saturated heterocycles. The van der Waals surface area contributed by atoms with Gasteiger partial charge in [0.05, 0.1) is 6.21 Å². The molecule has 1 heterocycles. The topological polar surface area (TPSA) is 66.4 Å². The molecule has 0 fully saturated rings. The van der Waals surface area contributed by atoms with Crippen LogP contribution in [0.2, 0.25) is 5.02 Å². The van der Waals surface area contributed by atoms with E-state index >= 15 is 0 Å². The van der Waals surface area contributed by atoms with Crippen LogP contribution in [-0.4, -0.2) is 23.1 Å². The summed E-state index contributed by atoms with van der Waals surface area (Å²) >= 11 is 5.81. The van der Waals surface area contributed by atoms with Crippen molar-refractivity contribution in [1.82, 2.24) is 10.4 Å². The molecule has 1 aromatic carbocycles. The summed E-state index contributed by atoms with van der Waals surface area (Å²) in [7, 11) is 0. The van der Waals surface area contributed by atoms with Crippen molar-refractivity contribution < 1.29 is 4.79 Å². The first-order chi connectivity index (χ1) is 10.1. The standard InChI is InChI=1S/C15H15ClN4O/c1-11(19-14-4-2-13(16)3-5-14)15(21)20-18-10-12-6-8-17-9-7-12/h2-11,19H,1H3,(H,20,21)/b18-10+. The van der Waals surface area contributed by atoms with Gasteiger partial charge < -0.3 is 5.32 Å². The van der Waals surface area contributed by atoms with E-state index in [0.29, 0.717) is 5.02 Å². The maximum Gasteiger partial charge on any atom is 0.262 e. The average Bonchev–Trinajstić information content (AvgIpc) is 2.50. The number of aromatic nitrogens is 1. The molecule has 6 heteroatoms. The fourth-order valence-electron chi connectivity index (χ4n) is 1.58. The Hall–Kier alpha value is -2.40. The van der Waals surface area contributed by atoms with E-state index in [1.54, 1.807) is 49.8 Å². The van der Waals surface area contributed by atoms with Crippen molar-refractivity contribution in [3.63, 3.8) is 0 Å². The van der Waals surface area contributed by atoms with Crippen LogP contribution in [0.3, 0.4) is 0 Å². The summed E-state index contributed by atoms with van der Waals surface area (Å²) in [6.07, 6.45) is 4.89. The second kappa shape index (κ2) is 7.40. The number of hydrogen-bond donors (Lipinski definition) is 2. The average molecular weight is 303 g/mol. The lowest BCUT2D eigenvalue weighted by Gasteiger charge is -2.13. The SMILES string of the molecule is CC(Nc1ccc(Cl)cc1)C(=O)N/N=C/c1ccncc1. The van der Waals surface area contributed by atoms with E-state index < -0.39 is 6.04 Å². The third kappa shape index (κ3) is 4.89. The number of carbonyl (C=O) groups is 1. The number of carbonyl (C=O) groups excluding carboxylic acids is 1. The first kappa shape index (κ1) is 15.0. The number of anilines is 1. The Morgan fingerprint density at radius 2 is 1.90 bits per heavy atom. The lowest BCUT2D eigenvalue weighted by Crippen LogP contribution is -2.34. The van der Waals surface area contributed by atoms with E-state index in [1.165, 1.54) is 0 Å². The monoisotopic (exact) mass is 302 g/mol. The molecule has 0 radical (unpaired) electrons. The van der Waals surface area contributed by atoms with Crippen LogP contribution in [0.25, 0.3) is 0 Å². The Bertz CT molecular complexity index is 613. The van der Waals surface area contributed by atoms with E-state index in [9.17, 15) is 4.79 Å². The quantitative estimate of drug-likeness (QED) is 0.659. The number of amides is 1. The van der Waals surface area contributed by atoms with Gasteiger partial charge in [-0.15, -0.1) is 0 Å². The molecule has 5 nitrogen and oxygen atoms in total. The molecule has 0 bridgehead atoms. The number of nitrogens with zero attached hydrogens (tertiary/aromatic N) is 2. The molecule has 0 aliphatic heterocycles. The van der Waals surface area contributed by atoms with E-state index in [1.807, 2.05) is 12.1 Å². The Kier molecular flexibility index (Phi) is 5.29. The molecule has 0 saturated carbocycles. The molecule has 1 aromatic heterocycles. The summed E-state index contributed by atoms with van der Waals surface area (Å²) in [5.41, 5.74) is 4.17.